The Morgan fingerprint density at radius 2 is 1.92 bits per heavy atom. The average molecular weight is 383 g/mol. The number of benzene rings is 1. The summed E-state index contributed by atoms with van der Waals surface area (Å²) < 4.78 is 1.20. The standard InChI is InChI=1S/C21H22N2OS2/c24-21(20-13-15-3-1-2-4-19(15)26-20)22-9-5-17(6-10-22)23-11-7-18-16(14-23)8-12-25-18/h1-4,8,12-13,17H,5-7,9-11,14H2. The van der Waals surface area contributed by atoms with E-state index in [-0.39, 0.29) is 5.91 Å². The van der Waals surface area contributed by atoms with E-state index in [2.05, 4.69) is 39.4 Å². The molecule has 0 aliphatic carbocycles. The lowest BCUT2D eigenvalue weighted by Crippen LogP contribution is -2.47. The number of amides is 1. The first-order valence-corrected chi connectivity index (χ1v) is 11.0. The van der Waals surface area contributed by atoms with Crippen LogP contribution in [0.15, 0.2) is 41.8 Å². The van der Waals surface area contributed by atoms with Crippen molar-refractivity contribution in [2.75, 3.05) is 19.6 Å². The summed E-state index contributed by atoms with van der Waals surface area (Å²) in [5.41, 5.74) is 1.52. The summed E-state index contributed by atoms with van der Waals surface area (Å²) in [6.45, 7) is 4.02. The highest BCUT2D eigenvalue weighted by Crippen LogP contribution is 2.30. The fraction of sp³-hybridized carbons (Fsp3) is 0.381. The van der Waals surface area contributed by atoms with Gasteiger partial charge in [-0.2, -0.15) is 0 Å². The summed E-state index contributed by atoms with van der Waals surface area (Å²) in [5, 5.41) is 3.40. The lowest BCUT2D eigenvalue weighted by atomic mass is 9.99. The maximum atomic E-state index is 12.9. The van der Waals surface area contributed by atoms with E-state index in [4.69, 9.17) is 0 Å². The minimum absolute atomic E-state index is 0.211. The summed E-state index contributed by atoms with van der Waals surface area (Å²) in [6.07, 6.45) is 3.38. The monoisotopic (exact) mass is 382 g/mol. The molecular weight excluding hydrogens is 360 g/mol. The van der Waals surface area contributed by atoms with Gasteiger partial charge in [0.25, 0.3) is 5.91 Å². The zero-order chi connectivity index (χ0) is 17.5. The second-order valence-electron chi connectivity index (χ2n) is 7.26. The summed E-state index contributed by atoms with van der Waals surface area (Å²) in [4.78, 5) is 20.0. The number of nitrogens with zero attached hydrogens (tertiary/aromatic N) is 2. The van der Waals surface area contributed by atoms with Crippen molar-refractivity contribution >= 4 is 38.7 Å². The van der Waals surface area contributed by atoms with Gasteiger partial charge in [0.05, 0.1) is 4.88 Å². The zero-order valence-electron chi connectivity index (χ0n) is 14.7. The Hall–Kier alpha value is -1.69. The van der Waals surface area contributed by atoms with Crippen molar-refractivity contribution in [1.82, 2.24) is 9.80 Å². The van der Waals surface area contributed by atoms with E-state index in [1.54, 1.807) is 16.2 Å². The van der Waals surface area contributed by atoms with Gasteiger partial charge in [0, 0.05) is 41.8 Å². The molecule has 0 radical (unpaired) electrons. The fourth-order valence-electron chi connectivity index (χ4n) is 4.26. The largest absolute Gasteiger partial charge is 0.338 e. The highest BCUT2D eigenvalue weighted by atomic mass is 32.1. The average Bonchev–Trinajstić information content (AvgIpc) is 3.33. The highest BCUT2D eigenvalue weighted by molar-refractivity contribution is 7.20. The van der Waals surface area contributed by atoms with Gasteiger partial charge in [-0.3, -0.25) is 9.69 Å². The molecule has 0 saturated carbocycles. The minimum atomic E-state index is 0.211. The number of hydrogen-bond donors (Lipinski definition) is 0. The molecule has 1 amide bonds. The molecule has 0 unspecified atom stereocenters. The molecule has 5 rings (SSSR count). The predicted octanol–water partition coefficient (Wildman–Crippen LogP) is 4.63. The third-order valence-electron chi connectivity index (χ3n) is 5.74. The quantitative estimate of drug-likeness (QED) is 0.645. The molecule has 0 spiro atoms. The Balaban J connectivity index is 1.23. The molecule has 5 heteroatoms. The number of carbonyl (C=O) groups excluding carboxylic acids is 1. The highest BCUT2D eigenvalue weighted by Gasteiger charge is 2.30. The van der Waals surface area contributed by atoms with Gasteiger partial charge in [-0.05, 0) is 53.8 Å². The molecule has 4 heterocycles. The third kappa shape index (κ3) is 2.98. The van der Waals surface area contributed by atoms with Crippen molar-refractivity contribution in [1.29, 1.82) is 0 Å². The van der Waals surface area contributed by atoms with Crippen LogP contribution in [0.25, 0.3) is 10.1 Å². The van der Waals surface area contributed by atoms with E-state index in [0.29, 0.717) is 6.04 Å². The molecule has 3 nitrogen and oxygen atoms in total. The normalized spacial score (nSPS) is 19.0. The summed E-state index contributed by atoms with van der Waals surface area (Å²) >= 11 is 3.52. The van der Waals surface area contributed by atoms with Crippen molar-refractivity contribution in [3.63, 3.8) is 0 Å². The van der Waals surface area contributed by atoms with Crippen molar-refractivity contribution in [3.05, 3.63) is 57.1 Å². The lowest BCUT2D eigenvalue weighted by Gasteiger charge is -2.40. The Bertz CT molecular complexity index is 903. The molecule has 0 N–H and O–H groups in total. The molecule has 26 heavy (non-hydrogen) atoms. The first-order chi connectivity index (χ1) is 12.8. The lowest BCUT2D eigenvalue weighted by molar-refractivity contribution is 0.0605. The van der Waals surface area contributed by atoms with E-state index in [9.17, 15) is 4.79 Å². The summed E-state index contributed by atoms with van der Waals surface area (Å²) in [5.74, 6) is 0.211. The van der Waals surface area contributed by atoms with E-state index < -0.39 is 0 Å². The van der Waals surface area contributed by atoms with Crippen LogP contribution in [0.1, 0.15) is 33.0 Å². The Labute approximate surface area is 161 Å². The maximum Gasteiger partial charge on any atom is 0.263 e. The van der Waals surface area contributed by atoms with Gasteiger partial charge < -0.3 is 4.90 Å². The Kier molecular flexibility index (Phi) is 4.31. The van der Waals surface area contributed by atoms with Crippen LogP contribution in [-0.2, 0) is 13.0 Å². The van der Waals surface area contributed by atoms with Crippen LogP contribution in [0, 0.1) is 0 Å². The molecule has 3 aromatic rings. The number of fused-ring (bicyclic) bond motifs is 2. The van der Waals surface area contributed by atoms with Crippen LogP contribution in [0.5, 0.6) is 0 Å². The van der Waals surface area contributed by atoms with Gasteiger partial charge >= 0.3 is 0 Å². The zero-order valence-corrected chi connectivity index (χ0v) is 16.3. The second-order valence-corrected chi connectivity index (χ2v) is 9.35. The third-order valence-corrected chi connectivity index (χ3v) is 7.87. The molecule has 1 aromatic carbocycles. The number of likely N-dealkylation sites (tertiary alicyclic amines) is 1. The molecule has 1 saturated heterocycles. The molecule has 0 bridgehead atoms. The Morgan fingerprint density at radius 1 is 1.08 bits per heavy atom. The number of carbonyl (C=O) groups is 1. The maximum absolute atomic E-state index is 12.9. The van der Waals surface area contributed by atoms with E-state index in [1.807, 2.05) is 23.5 Å². The van der Waals surface area contributed by atoms with Gasteiger partial charge in [-0.1, -0.05) is 18.2 Å². The molecule has 2 aliphatic heterocycles. The van der Waals surface area contributed by atoms with Crippen LogP contribution >= 0.6 is 22.7 Å². The van der Waals surface area contributed by atoms with Crippen molar-refractivity contribution in [2.45, 2.75) is 31.8 Å². The van der Waals surface area contributed by atoms with Crippen LogP contribution in [0.3, 0.4) is 0 Å². The first-order valence-electron chi connectivity index (χ1n) is 9.35. The van der Waals surface area contributed by atoms with Crippen molar-refractivity contribution < 1.29 is 4.79 Å². The first kappa shape index (κ1) is 16.5. The molecular formula is C21H22N2OS2. The number of thiophene rings is 2. The fourth-order valence-corrected chi connectivity index (χ4v) is 6.18. The number of piperidine rings is 1. The molecule has 134 valence electrons. The topological polar surface area (TPSA) is 23.6 Å². The van der Waals surface area contributed by atoms with Crippen molar-refractivity contribution in [3.8, 4) is 0 Å². The molecule has 0 atom stereocenters. The minimum Gasteiger partial charge on any atom is -0.338 e. The number of hydrogen-bond acceptors (Lipinski definition) is 4. The van der Waals surface area contributed by atoms with Crippen LogP contribution in [0.2, 0.25) is 0 Å². The van der Waals surface area contributed by atoms with Gasteiger partial charge in [-0.25, -0.2) is 0 Å². The van der Waals surface area contributed by atoms with Crippen molar-refractivity contribution in [2.24, 2.45) is 0 Å². The van der Waals surface area contributed by atoms with E-state index in [0.717, 1.165) is 37.4 Å². The van der Waals surface area contributed by atoms with Gasteiger partial charge in [-0.15, -0.1) is 22.7 Å². The predicted molar refractivity (Wildman–Crippen MR) is 109 cm³/mol. The van der Waals surface area contributed by atoms with Crippen LogP contribution < -0.4 is 0 Å². The van der Waals surface area contributed by atoms with E-state index >= 15 is 0 Å². The van der Waals surface area contributed by atoms with Gasteiger partial charge in [0.2, 0.25) is 0 Å². The molecule has 2 aromatic heterocycles. The molecule has 2 aliphatic rings. The summed E-state index contributed by atoms with van der Waals surface area (Å²) in [6, 6.07) is 13.2. The number of rotatable bonds is 2. The summed E-state index contributed by atoms with van der Waals surface area (Å²) in [7, 11) is 0. The van der Waals surface area contributed by atoms with Crippen LogP contribution in [0.4, 0.5) is 0 Å². The smallest absolute Gasteiger partial charge is 0.263 e. The Morgan fingerprint density at radius 3 is 2.77 bits per heavy atom. The van der Waals surface area contributed by atoms with Gasteiger partial charge in [0.1, 0.15) is 0 Å². The SMILES string of the molecule is O=C(c1cc2ccccc2s1)N1CCC(N2CCc3sccc3C2)CC1. The second kappa shape index (κ2) is 6.80. The molecule has 1 fully saturated rings. The van der Waals surface area contributed by atoms with Crippen LogP contribution in [-0.4, -0.2) is 41.4 Å². The van der Waals surface area contributed by atoms with Gasteiger partial charge in [0.15, 0.2) is 0 Å². The van der Waals surface area contributed by atoms with E-state index in [1.165, 1.54) is 28.6 Å².